The van der Waals surface area contributed by atoms with Crippen LogP contribution in [0.4, 0.5) is 34.5 Å². The number of sulfonamides is 1. The standard InChI is InChI=1S/C35H47N9O5S/c1-6-23-21-27(30(47-4)22-28(23)44-13-10-24(11-14-44)43-17-15-41(2)16-18-43)38-35-39-33-25(9-12-36-33)34(40-35)37-26-7-8-29-32(49-20-19-48-29)31(26)42(3)50(5,45)46/h7-9,12,21-22,24H,6,10-11,13-20H2,1-5H3,(H3,36,37,38,39,40). The second kappa shape index (κ2) is 14.0. The first-order valence-electron chi connectivity index (χ1n) is 17.3. The molecule has 0 atom stereocenters. The molecule has 0 unspecified atom stereocenters. The van der Waals surface area contributed by atoms with E-state index in [0.29, 0.717) is 65.3 Å². The molecule has 4 aromatic rings. The summed E-state index contributed by atoms with van der Waals surface area (Å²) in [5.74, 6) is 2.36. The highest BCUT2D eigenvalue weighted by Gasteiger charge is 2.29. The number of rotatable bonds is 10. The van der Waals surface area contributed by atoms with E-state index in [2.05, 4.69) is 56.4 Å². The predicted octanol–water partition coefficient (Wildman–Crippen LogP) is 4.40. The Morgan fingerprint density at radius 2 is 1.76 bits per heavy atom. The quantitative estimate of drug-likeness (QED) is 0.216. The molecule has 0 spiro atoms. The summed E-state index contributed by atoms with van der Waals surface area (Å²) in [6.07, 6.45) is 6.10. The minimum atomic E-state index is -3.64. The Morgan fingerprint density at radius 1 is 1.00 bits per heavy atom. The van der Waals surface area contributed by atoms with Crippen LogP contribution >= 0.6 is 0 Å². The number of ether oxygens (including phenoxy) is 3. The van der Waals surface area contributed by atoms with Crippen molar-refractivity contribution in [1.29, 1.82) is 0 Å². The van der Waals surface area contributed by atoms with Crippen LogP contribution < -0.4 is 34.0 Å². The first-order valence-corrected chi connectivity index (χ1v) is 19.1. The topological polar surface area (TPSA) is 140 Å². The molecule has 5 heterocycles. The number of piperazine rings is 1. The summed E-state index contributed by atoms with van der Waals surface area (Å²) < 4.78 is 44.2. The van der Waals surface area contributed by atoms with E-state index in [1.165, 1.54) is 22.6 Å². The van der Waals surface area contributed by atoms with Crippen molar-refractivity contribution in [3.05, 3.63) is 42.1 Å². The van der Waals surface area contributed by atoms with Crippen molar-refractivity contribution in [3.8, 4) is 17.2 Å². The molecule has 3 N–H and O–H groups in total. The maximum atomic E-state index is 12.7. The van der Waals surface area contributed by atoms with Crippen molar-refractivity contribution in [3.63, 3.8) is 0 Å². The molecule has 2 fully saturated rings. The van der Waals surface area contributed by atoms with Gasteiger partial charge in [-0.25, -0.2) is 8.42 Å². The number of benzene rings is 2. The summed E-state index contributed by atoms with van der Waals surface area (Å²) in [6, 6.07) is 10.3. The summed E-state index contributed by atoms with van der Waals surface area (Å²) in [5, 5.41) is 7.51. The molecular formula is C35H47N9O5S. The highest BCUT2D eigenvalue weighted by atomic mass is 32.2. The SMILES string of the molecule is CCc1cc(Nc2nc(Nc3ccc4c(c3N(C)S(C)(=O)=O)OCCO4)c3cc[nH]c3n2)c(OC)cc1N1CCC(N2CCN(C)CC2)CC1. The third kappa shape index (κ3) is 6.81. The largest absolute Gasteiger partial charge is 0.494 e. The Morgan fingerprint density at radius 3 is 2.48 bits per heavy atom. The van der Waals surface area contributed by atoms with E-state index in [0.717, 1.165) is 75.9 Å². The van der Waals surface area contributed by atoms with Crippen molar-refractivity contribution in [2.45, 2.75) is 32.2 Å². The third-order valence-corrected chi connectivity index (χ3v) is 11.2. The van der Waals surface area contributed by atoms with E-state index in [1.54, 1.807) is 25.4 Å². The van der Waals surface area contributed by atoms with Gasteiger partial charge in [-0.1, -0.05) is 6.92 Å². The van der Waals surface area contributed by atoms with Gasteiger partial charge in [-0.3, -0.25) is 9.21 Å². The second-order valence-electron chi connectivity index (χ2n) is 13.2. The third-order valence-electron chi connectivity index (χ3n) is 10.1. The summed E-state index contributed by atoms with van der Waals surface area (Å²) in [7, 11) is 1.74. The van der Waals surface area contributed by atoms with E-state index < -0.39 is 10.0 Å². The Kier molecular flexibility index (Phi) is 9.55. The molecule has 0 bridgehead atoms. The Hall–Kier alpha value is -4.47. The number of nitrogens with one attached hydrogen (secondary N) is 3. The number of anilines is 6. The fourth-order valence-corrected chi connectivity index (χ4v) is 7.65. The fraction of sp³-hybridized carbons (Fsp3) is 0.486. The van der Waals surface area contributed by atoms with Crippen LogP contribution in [0, 0.1) is 0 Å². The normalized spacial score (nSPS) is 17.6. The number of piperidine rings is 1. The molecular weight excluding hydrogens is 659 g/mol. The van der Waals surface area contributed by atoms with Crippen molar-refractivity contribution >= 4 is 55.6 Å². The van der Waals surface area contributed by atoms with E-state index in [-0.39, 0.29) is 0 Å². The van der Waals surface area contributed by atoms with Crippen LogP contribution in [0.3, 0.4) is 0 Å². The van der Waals surface area contributed by atoms with Crippen LogP contribution in [0.25, 0.3) is 11.0 Å². The Bertz CT molecular complexity index is 1950. The lowest BCUT2D eigenvalue weighted by Crippen LogP contribution is -2.52. The van der Waals surface area contributed by atoms with Gasteiger partial charge < -0.3 is 39.6 Å². The van der Waals surface area contributed by atoms with Crippen LogP contribution in [0.5, 0.6) is 17.2 Å². The molecule has 3 aliphatic rings. The molecule has 2 saturated heterocycles. The summed E-state index contributed by atoms with van der Waals surface area (Å²) >= 11 is 0. The maximum absolute atomic E-state index is 12.7. The molecule has 3 aliphatic heterocycles. The first-order chi connectivity index (χ1) is 24.1. The highest BCUT2D eigenvalue weighted by Crippen LogP contribution is 2.46. The van der Waals surface area contributed by atoms with Crippen molar-refractivity contribution < 1.29 is 22.6 Å². The minimum absolute atomic E-state index is 0.306. The van der Waals surface area contributed by atoms with Crippen LogP contribution in [0.1, 0.15) is 25.3 Å². The zero-order valence-corrected chi connectivity index (χ0v) is 30.3. The van der Waals surface area contributed by atoms with Crippen molar-refractivity contribution in [1.82, 2.24) is 24.8 Å². The fourth-order valence-electron chi connectivity index (χ4n) is 7.14. The number of hydrogen-bond acceptors (Lipinski definition) is 12. The lowest BCUT2D eigenvalue weighted by molar-refractivity contribution is 0.0982. The number of hydrogen-bond donors (Lipinski definition) is 3. The lowest BCUT2D eigenvalue weighted by Gasteiger charge is -2.43. The Balaban J connectivity index is 1.16. The molecule has 14 nitrogen and oxygen atoms in total. The molecule has 2 aromatic carbocycles. The second-order valence-corrected chi connectivity index (χ2v) is 15.2. The maximum Gasteiger partial charge on any atom is 0.232 e. The molecule has 0 saturated carbocycles. The summed E-state index contributed by atoms with van der Waals surface area (Å²) in [4.78, 5) is 20.4. The number of fused-ring (bicyclic) bond motifs is 2. The van der Waals surface area contributed by atoms with Gasteiger partial charge in [-0.2, -0.15) is 9.97 Å². The molecule has 268 valence electrons. The monoisotopic (exact) mass is 705 g/mol. The predicted molar refractivity (Wildman–Crippen MR) is 198 cm³/mol. The van der Waals surface area contributed by atoms with Gasteiger partial charge >= 0.3 is 0 Å². The van der Waals surface area contributed by atoms with Crippen LogP contribution in [-0.4, -0.2) is 119 Å². The zero-order chi connectivity index (χ0) is 35.0. The smallest absolute Gasteiger partial charge is 0.232 e. The van der Waals surface area contributed by atoms with E-state index in [1.807, 2.05) is 6.07 Å². The molecule has 7 rings (SSSR count). The number of H-pyrrole nitrogens is 1. The minimum Gasteiger partial charge on any atom is -0.494 e. The molecule has 2 aromatic heterocycles. The summed E-state index contributed by atoms with van der Waals surface area (Å²) in [5.41, 5.74) is 4.61. The highest BCUT2D eigenvalue weighted by molar-refractivity contribution is 7.92. The van der Waals surface area contributed by atoms with Gasteiger partial charge in [-0.15, -0.1) is 0 Å². The molecule has 0 radical (unpaired) electrons. The van der Waals surface area contributed by atoms with Gasteiger partial charge in [0.2, 0.25) is 16.0 Å². The number of nitrogens with zero attached hydrogens (tertiary/aromatic N) is 6. The number of aromatic nitrogens is 3. The van der Waals surface area contributed by atoms with E-state index in [9.17, 15) is 8.42 Å². The van der Waals surface area contributed by atoms with Gasteiger partial charge in [0, 0.05) is 70.3 Å². The number of aromatic amines is 1. The van der Waals surface area contributed by atoms with Crippen LogP contribution in [-0.2, 0) is 16.4 Å². The van der Waals surface area contributed by atoms with Crippen LogP contribution in [0.2, 0.25) is 0 Å². The summed E-state index contributed by atoms with van der Waals surface area (Å²) in [6.45, 7) is 9.47. The van der Waals surface area contributed by atoms with Gasteiger partial charge in [0.25, 0.3) is 0 Å². The van der Waals surface area contributed by atoms with E-state index in [4.69, 9.17) is 24.2 Å². The van der Waals surface area contributed by atoms with Crippen molar-refractivity contribution in [2.24, 2.45) is 0 Å². The number of aryl methyl sites for hydroxylation is 1. The molecule has 0 aliphatic carbocycles. The van der Waals surface area contributed by atoms with Gasteiger partial charge in [0.05, 0.1) is 30.1 Å². The first kappa shape index (κ1) is 34.0. The van der Waals surface area contributed by atoms with Gasteiger partial charge in [0.1, 0.15) is 36.1 Å². The number of methoxy groups -OCH3 is 1. The zero-order valence-electron chi connectivity index (χ0n) is 29.5. The van der Waals surface area contributed by atoms with Gasteiger partial charge in [0.15, 0.2) is 11.5 Å². The van der Waals surface area contributed by atoms with E-state index >= 15 is 0 Å². The van der Waals surface area contributed by atoms with Gasteiger partial charge in [-0.05, 0) is 56.1 Å². The molecule has 50 heavy (non-hydrogen) atoms. The van der Waals surface area contributed by atoms with Crippen LogP contribution in [0.15, 0.2) is 36.5 Å². The molecule has 15 heteroatoms. The van der Waals surface area contributed by atoms with Crippen molar-refractivity contribution in [2.75, 3.05) is 99.8 Å². The lowest BCUT2D eigenvalue weighted by atomic mass is 9.99. The number of likely N-dealkylation sites (N-methyl/N-ethyl adjacent to an activating group) is 1. The average molecular weight is 706 g/mol. The Labute approximate surface area is 293 Å². The molecule has 0 amide bonds. The average Bonchev–Trinajstić information content (AvgIpc) is 3.60.